The molecule has 114 valence electrons. The van der Waals surface area contributed by atoms with Gasteiger partial charge in [0.05, 0.1) is 17.1 Å². The predicted molar refractivity (Wildman–Crippen MR) is 71.9 cm³/mol. The molecule has 0 aliphatic heterocycles. The van der Waals surface area contributed by atoms with E-state index in [-0.39, 0.29) is 12.3 Å². The second kappa shape index (κ2) is 4.28. The Morgan fingerprint density at radius 2 is 1.85 bits per heavy atom. The summed E-state index contributed by atoms with van der Waals surface area (Å²) in [5.41, 5.74) is -3.67. The fourth-order valence-electron chi connectivity index (χ4n) is 5.07. The van der Waals surface area contributed by atoms with Gasteiger partial charge in [0.25, 0.3) is 0 Å². The van der Waals surface area contributed by atoms with Gasteiger partial charge in [-0.25, -0.2) is 0 Å². The van der Waals surface area contributed by atoms with Gasteiger partial charge >= 0.3 is 5.97 Å². The van der Waals surface area contributed by atoms with Crippen molar-refractivity contribution in [2.75, 3.05) is 0 Å². The van der Waals surface area contributed by atoms with E-state index in [1.807, 2.05) is 13.8 Å². The van der Waals surface area contributed by atoms with Gasteiger partial charge < -0.3 is 20.1 Å². The molecule has 5 heteroatoms. The summed E-state index contributed by atoms with van der Waals surface area (Å²) in [5, 5.41) is 31.3. The summed E-state index contributed by atoms with van der Waals surface area (Å²) >= 11 is 0. The molecule has 20 heavy (non-hydrogen) atoms. The zero-order valence-corrected chi connectivity index (χ0v) is 12.5. The van der Waals surface area contributed by atoms with Crippen molar-refractivity contribution in [2.24, 2.45) is 28.6 Å². The van der Waals surface area contributed by atoms with Gasteiger partial charge in [0.1, 0.15) is 6.29 Å². The van der Waals surface area contributed by atoms with Crippen LogP contribution in [0.1, 0.15) is 40.5 Å². The number of aliphatic carboxylic acids is 1. The molecule has 5 nitrogen and oxygen atoms in total. The largest absolute Gasteiger partial charge is 0.481 e. The summed E-state index contributed by atoms with van der Waals surface area (Å²) in [4.78, 5) is 23.3. The molecule has 3 N–H and O–H groups in total. The van der Waals surface area contributed by atoms with Gasteiger partial charge in [-0.2, -0.15) is 0 Å². The van der Waals surface area contributed by atoms with Crippen LogP contribution in [-0.4, -0.2) is 39.3 Å². The first kappa shape index (κ1) is 15.4. The summed E-state index contributed by atoms with van der Waals surface area (Å²) in [5.74, 6) is -2.72. The van der Waals surface area contributed by atoms with E-state index in [0.717, 1.165) is 0 Å². The maximum absolute atomic E-state index is 11.8. The number of fused-ring (bicyclic) bond motifs is 1. The van der Waals surface area contributed by atoms with Crippen LogP contribution < -0.4 is 0 Å². The van der Waals surface area contributed by atoms with Crippen molar-refractivity contribution in [1.82, 2.24) is 0 Å². The number of rotatable bonds is 2. The Morgan fingerprint density at radius 3 is 2.30 bits per heavy atom. The van der Waals surface area contributed by atoms with Gasteiger partial charge in [-0.05, 0) is 31.1 Å². The van der Waals surface area contributed by atoms with E-state index in [4.69, 9.17) is 0 Å². The molecule has 2 fully saturated rings. The van der Waals surface area contributed by atoms with E-state index < -0.39 is 40.3 Å². The number of aliphatic hydroxyl groups is 2. The fraction of sp³-hybridized carbons (Fsp3) is 0.867. The van der Waals surface area contributed by atoms with Crippen LogP contribution in [-0.2, 0) is 9.59 Å². The lowest BCUT2D eigenvalue weighted by molar-refractivity contribution is -0.206. The summed E-state index contributed by atoms with van der Waals surface area (Å²) < 4.78 is 0. The van der Waals surface area contributed by atoms with E-state index in [1.165, 1.54) is 6.92 Å². The third-order valence-corrected chi connectivity index (χ3v) is 5.75. The molecule has 0 heterocycles. The molecule has 0 radical (unpaired) electrons. The maximum atomic E-state index is 11.8. The molecular formula is C15H24O5. The van der Waals surface area contributed by atoms with Crippen LogP contribution in [0.3, 0.4) is 0 Å². The van der Waals surface area contributed by atoms with E-state index in [2.05, 4.69) is 0 Å². The molecule has 2 aliphatic carbocycles. The van der Waals surface area contributed by atoms with Crippen molar-refractivity contribution in [3.63, 3.8) is 0 Å². The third kappa shape index (κ3) is 1.62. The van der Waals surface area contributed by atoms with Gasteiger partial charge in [-0.3, -0.25) is 4.79 Å². The molecule has 0 aromatic heterocycles. The zero-order chi connectivity index (χ0) is 15.5. The minimum Gasteiger partial charge on any atom is -0.481 e. The molecule has 0 spiro atoms. The zero-order valence-electron chi connectivity index (χ0n) is 12.5. The van der Waals surface area contributed by atoms with Crippen LogP contribution in [0.4, 0.5) is 0 Å². The number of aliphatic hydroxyl groups excluding tert-OH is 1. The second-order valence-corrected chi connectivity index (χ2v) is 7.55. The summed E-state index contributed by atoms with van der Waals surface area (Å²) in [6.45, 7) is 7.00. The third-order valence-electron chi connectivity index (χ3n) is 5.75. The quantitative estimate of drug-likeness (QED) is 0.659. The van der Waals surface area contributed by atoms with Gasteiger partial charge in [0.2, 0.25) is 0 Å². The number of hydrogen-bond acceptors (Lipinski definition) is 4. The fourth-order valence-corrected chi connectivity index (χ4v) is 5.07. The van der Waals surface area contributed by atoms with Crippen molar-refractivity contribution < 1.29 is 24.9 Å². The number of carboxylic acids is 1. The monoisotopic (exact) mass is 284 g/mol. The summed E-state index contributed by atoms with van der Waals surface area (Å²) in [6.07, 6.45) is 0.536. The number of carbonyl (C=O) groups is 2. The first-order valence-corrected chi connectivity index (χ1v) is 7.11. The number of carboxylic acid groups (broad SMARTS) is 1. The van der Waals surface area contributed by atoms with Crippen molar-refractivity contribution >= 4 is 12.3 Å². The van der Waals surface area contributed by atoms with E-state index in [9.17, 15) is 24.9 Å². The first-order valence-electron chi connectivity index (χ1n) is 7.11. The number of aldehydes is 1. The summed E-state index contributed by atoms with van der Waals surface area (Å²) in [6, 6.07) is 0. The SMILES string of the molecule is C[C@@H]1C[C@H](O)[C@H]2C(C)(C)C[C@](C)(C(=O)O)[C@@]2(O)[C@H]1C=O. The topological polar surface area (TPSA) is 94.8 Å². The van der Waals surface area contributed by atoms with E-state index in [1.54, 1.807) is 6.92 Å². The molecule has 0 saturated heterocycles. The van der Waals surface area contributed by atoms with Crippen molar-refractivity contribution in [2.45, 2.75) is 52.2 Å². The van der Waals surface area contributed by atoms with Crippen LogP contribution in [0, 0.1) is 28.6 Å². The van der Waals surface area contributed by atoms with Gasteiger partial charge in [-0.15, -0.1) is 0 Å². The van der Waals surface area contributed by atoms with Crippen LogP contribution in [0.2, 0.25) is 0 Å². The lowest BCUT2D eigenvalue weighted by atomic mass is 9.56. The highest BCUT2D eigenvalue weighted by atomic mass is 16.4. The standard InChI is InChI=1S/C15H24O5/c1-8-5-10(17)11-13(2,3)7-14(4,12(18)19)15(11,20)9(8)6-16/h6,8-11,17,20H,5,7H2,1-4H3,(H,18,19)/t8-,9+,10+,11+,14-,15-/m1/s1. The normalized spacial score (nSPS) is 50.5. The minimum atomic E-state index is -1.71. The molecule has 0 aromatic rings. The Morgan fingerprint density at radius 1 is 1.30 bits per heavy atom. The Balaban J connectivity index is 2.67. The highest BCUT2D eigenvalue weighted by molar-refractivity contribution is 5.78. The van der Waals surface area contributed by atoms with Crippen molar-refractivity contribution in [3.05, 3.63) is 0 Å². The molecule has 2 aliphatic rings. The molecule has 0 amide bonds. The number of carbonyl (C=O) groups excluding carboxylic acids is 1. The van der Waals surface area contributed by atoms with Gasteiger partial charge in [0, 0.05) is 11.8 Å². The van der Waals surface area contributed by atoms with E-state index >= 15 is 0 Å². The van der Waals surface area contributed by atoms with Crippen LogP contribution in [0.5, 0.6) is 0 Å². The molecule has 0 unspecified atom stereocenters. The van der Waals surface area contributed by atoms with Gasteiger partial charge in [0.15, 0.2) is 0 Å². The highest BCUT2D eigenvalue weighted by Gasteiger charge is 2.73. The average Bonchev–Trinajstić information content (AvgIpc) is 2.43. The number of hydrogen-bond donors (Lipinski definition) is 3. The van der Waals surface area contributed by atoms with E-state index in [0.29, 0.717) is 12.7 Å². The Kier molecular flexibility index (Phi) is 3.30. The molecule has 0 aromatic carbocycles. The molecular weight excluding hydrogens is 260 g/mol. The first-order chi connectivity index (χ1) is 9.02. The average molecular weight is 284 g/mol. The van der Waals surface area contributed by atoms with Crippen LogP contribution in [0.15, 0.2) is 0 Å². The van der Waals surface area contributed by atoms with Gasteiger partial charge in [-0.1, -0.05) is 20.8 Å². The van der Waals surface area contributed by atoms with Crippen molar-refractivity contribution in [3.8, 4) is 0 Å². The Bertz CT molecular complexity index is 446. The van der Waals surface area contributed by atoms with Crippen molar-refractivity contribution in [1.29, 1.82) is 0 Å². The highest BCUT2D eigenvalue weighted by Crippen LogP contribution is 2.65. The summed E-state index contributed by atoms with van der Waals surface area (Å²) in [7, 11) is 0. The second-order valence-electron chi connectivity index (χ2n) is 7.55. The van der Waals surface area contributed by atoms with Crippen LogP contribution in [0.25, 0.3) is 0 Å². The molecule has 2 rings (SSSR count). The predicted octanol–water partition coefficient (Wildman–Crippen LogP) is 1.07. The molecule has 2 saturated carbocycles. The minimum absolute atomic E-state index is 0.240. The molecule has 6 atom stereocenters. The smallest absolute Gasteiger partial charge is 0.312 e. The lowest BCUT2D eigenvalue weighted by Gasteiger charge is -2.52. The Hall–Kier alpha value is -0.940. The molecule has 0 bridgehead atoms. The maximum Gasteiger partial charge on any atom is 0.312 e. The Labute approximate surface area is 119 Å². The van der Waals surface area contributed by atoms with Crippen LogP contribution >= 0.6 is 0 Å². The lowest BCUT2D eigenvalue weighted by Crippen LogP contribution is -2.64.